The number of aryl methyl sites for hydroxylation is 1. The van der Waals surface area contributed by atoms with E-state index in [1.165, 1.54) is 16.2 Å². The minimum absolute atomic E-state index is 0.00485. The number of hydrogen-bond acceptors (Lipinski definition) is 11. The summed E-state index contributed by atoms with van der Waals surface area (Å²) in [4.78, 5) is 46.9. The molecule has 0 aliphatic heterocycles. The Morgan fingerprint density at radius 1 is 1.05 bits per heavy atom. The van der Waals surface area contributed by atoms with Gasteiger partial charge in [-0.25, -0.2) is 4.98 Å². The predicted octanol–water partition coefficient (Wildman–Crippen LogP) is 3.56. The number of carbonyl (C=O) groups excluding carboxylic acids is 3. The van der Waals surface area contributed by atoms with Crippen LogP contribution in [0.2, 0.25) is 0 Å². The molecule has 11 nitrogen and oxygen atoms in total. The summed E-state index contributed by atoms with van der Waals surface area (Å²) in [5.41, 5.74) is 6.98. The highest BCUT2D eigenvalue weighted by Gasteiger charge is 2.60. The van der Waals surface area contributed by atoms with Crippen LogP contribution in [0.25, 0.3) is 17.0 Å². The number of Topliss-reactive ketones (excluding diaryl/α,β-unsaturated/α-hetero) is 2. The molecule has 1 saturated carbocycles. The van der Waals surface area contributed by atoms with Gasteiger partial charge < -0.3 is 31.5 Å². The van der Waals surface area contributed by atoms with Crippen LogP contribution in [0.15, 0.2) is 59.4 Å². The van der Waals surface area contributed by atoms with Crippen LogP contribution in [0.3, 0.4) is 0 Å². The Hall–Kier alpha value is -4.52. The van der Waals surface area contributed by atoms with Gasteiger partial charge >= 0.3 is 0 Å². The Morgan fingerprint density at radius 2 is 1.73 bits per heavy atom. The summed E-state index contributed by atoms with van der Waals surface area (Å²) < 4.78 is 0. The number of primary amides is 1. The fourth-order valence-corrected chi connectivity index (χ4v) is 7.99. The summed E-state index contributed by atoms with van der Waals surface area (Å²) in [6.07, 6.45) is -1.37. The number of hydrogen-bond donors (Lipinski definition) is 6. The fourth-order valence-electron chi connectivity index (χ4n) is 7.14. The number of carbonyl (C=O) groups is 3. The first-order valence-electron chi connectivity index (χ1n) is 14.1. The number of anilines is 2. The average molecular weight is 617 g/mol. The zero-order chi connectivity index (χ0) is 31.8. The molecule has 0 spiro atoms. The second-order valence-corrected chi connectivity index (χ2v) is 12.9. The van der Waals surface area contributed by atoms with Crippen LogP contribution >= 0.6 is 11.3 Å². The molecule has 12 heteroatoms. The number of benzene rings is 2. The Bertz CT molecular complexity index is 1790. The summed E-state index contributed by atoms with van der Waals surface area (Å²) in [6, 6.07) is 11.9. The average Bonchev–Trinajstić information content (AvgIpc) is 3.34. The smallest absolute Gasteiger partial charge is 0.255 e. The molecule has 3 aliphatic rings. The summed E-state index contributed by atoms with van der Waals surface area (Å²) in [7, 11) is 3.18. The molecule has 1 fully saturated rings. The molecule has 2 aromatic carbocycles. The van der Waals surface area contributed by atoms with Gasteiger partial charge in [-0.15, -0.1) is 11.3 Å². The molecular formula is C32H32N4O7S. The van der Waals surface area contributed by atoms with Crippen LogP contribution in [0.5, 0.6) is 5.75 Å². The number of likely N-dealkylation sites (N-methyl/N-ethyl adjacent to an activating group) is 1. The van der Waals surface area contributed by atoms with Gasteiger partial charge in [0.25, 0.3) is 5.91 Å². The van der Waals surface area contributed by atoms with E-state index >= 15 is 0 Å². The van der Waals surface area contributed by atoms with Gasteiger partial charge in [0, 0.05) is 27.8 Å². The van der Waals surface area contributed by atoms with E-state index in [1.807, 2.05) is 37.3 Å². The zero-order valence-electron chi connectivity index (χ0n) is 24.4. The monoisotopic (exact) mass is 616 g/mol. The van der Waals surface area contributed by atoms with Gasteiger partial charge in [0.2, 0.25) is 0 Å². The molecule has 228 valence electrons. The van der Waals surface area contributed by atoms with Crippen molar-refractivity contribution in [1.29, 1.82) is 0 Å². The van der Waals surface area contributed by atoms with Crippen LogP contribution in [-0.2, 0) is 14.4 Å². The molecule has 3 aromatic rings. The van der Waals surface area contributed by atoms with Crippen LogP contribution in [0, 0.1) is 24.7 Å². The van der Waals surface area contributed by atoms with Gasteiger partial charge in [-0.3, -0.25) is 19.3 Å². The van der Waals surface area contributed by atoms with Crippen molar-refractivity contribution in [3.05, 3.63) is 75.4 Å². The summed E-state index contributed by atoms with van der Waals surface area (Å²) in [5, 5.41) is 49.3. The van der Waals surface area contributed by atoms with Crippen molar-refractivity contribution in [1.82, 2.24) is 9.88 Å². The third-order valence-corrected chi connectivity index (χ3v) is 9.96. The number of aromatic hydroxyl groups is 1. The quantitative estimate of drug-likeness (QED) is 0.141. The number of nitrogens with zero attached hydrogens (tertiary/aromatic N) is 2. The van der Waals surface area contributed by atoms with Crippen molar-refractivity contribution >= 4 is 45.4 Å². The molecule has 0 saturated heterocycles. The van der Waals surface area contributed by atoms with Gasteiger partial charge in [-0.1, -0.05) is 43.3 Å². The van der Waals surface area contributed by atoms with Crippen molar-refractivity contribution in [2.45, 2.75) is 31.9 Å². The lowest BCUT2D eigenvalue weighted by Crippen LogP contribution is -2.61. The molecule has 1 amide bonds. The molecule has 6 rings (SSSR count). The molecule has 1 aromatic heterocycles. The maximum Gasteiger partial charge on any atom is 0.255 e. The topological polar surface area (TPSA) is 186 Å². The number of nitrogens with two attached hydrogens (primary N) is 1. The lowest BCUT2D eigenvalue weighted by molar-refractivity contribution is -0.143. The Labute approximate surface area is 257 Å². The van der Waals surface area contributed by atoms with Crippen molar-refractivity contribution in [2.24, 2.45) is 23.5 Å². The molecule has 3 aliphatic carbocycles. The number of thiazole rings is 1. The molecule has 4 unspecified atom stereocenters. The molecule has 0 bridgehead atoms. The highest BCUT2D eigenvalue weighted by Crippen LogP contribution is 2.55. The number of amides is 1. The molecule has 7 N–H and O–H groups in total. The van der Waals surface area contributed by atoms with Crippen molar-refractivity contribution < 1.29 is 34.8 Å². The highest BCUT2D eigenvalue weighted by molar-refractivity contribution is 7.16. The van der Waals surface area contributed by atoms with Crippen LogP contribution < -0.4 is 11.1 Å². The van der Waals surface area contributed by atoms with Gasteiger partial charge in [-0.05, 0) is 38.6 Å². The standard InChI is InChI=1S/C32H32N4O7S/c1-12-15-10-11-16(34-32-35-23(13(2)44-32)14-8-6-5-7-9-14)25(37)18(15)27(39)20-17(12)26(38)19-21(28(20)40)29(41)22(31(33)43)30(42)24(19)36(3)4/h5-12,17,19,21,24,26,37-39,42H,1-4H3,(H2,33,43)(H,34,35)/t12-,17?,19?,21?,24-,26?/m0/s1. The number of aliphatic hydroxyl groups excluding tert-OH is 3. The van der Waals surface area contributed by atoms with Crippen LogP contribution in [-0.4, -0.2) is 74.0 Å². The number of aliphatic hydroxyl groups is 3. The van der Waals surface area contributed by atoms with Crippen LogP contribution in [0.4, 0.5) is 10.8 Å². The Kier molecular flexibility index (Phi) is 7.10. The van der Waals surface area contributed by atoms with Crippen LogP contribution in [0.1, 0.15) is 28.8 Å². The van der Waals surface area contributed by atoms with E-state index in [-0.39, 0.29) is 22.6 Å². The zero-order valence-corrected chi connectivity index (χ0v) is 25.2. The van der Waals surface area contributed by atoms with E-state index in [1.54, 1.807) is 33.2 Å². The number of ketones is 2. The van der Waals surface area contributed by atoms with Crippen molar-refractivity contribution in [3.63, 3.8) is 0 Å². The van der Waals surface area contributed by atoms with E-state index in [0.29, 0.717) is 10.7 Å². The largest absolute Gasteiger partial charge is 0.510 e. The maximum atomic E-state index is 14.1. The maximum absolute atomic E-state index is 14.1. The van der Waals surface area contributed by atoms with Gasteiger partial charge in [0.05, 0.1) is 35.0 Å². The highest BCUT2D eigenvalue weighted by atomic mass is 32.1. The van der Waals surface area contributed by atoms with E-state index in [9.17, 15) is 34.8 Å². The SMILES string of the molecule is Cc1sc(Nc2ccc3c(c2O)C(O)=C2C(=O)C4C(=O)C(C(N)=O)=C(O)[C@@H](N(C)C)C4C(O)C2[C@H]3C)nc1-c1ccccc1. The molecule has 0 radical (unpaired) electrons. The van der Waals surface area contributed by atoms with Gasteiger partial charge in [0.1, 0.15) is 22.8 Å². The van der Waals surface area contributed by atoms with Gasteiger partial charge in [0.15, 0.2) is 16.7 Å². The molecular weight excluding hydrogens is 584 g/mol. The second kappa shape index (κ2) is 10.6. The second-order valence-electron chi connectivity index (χ2n) is 11.7. The first kappa shape index (κ1) is 29.5. The molecule has 44 heavy (non-hydrogen) atoms. The number of aromatic nitrogens is 1. The van der Waals surface area contributed by atoms with Crippen molar-refractivity contribution in [2.75, 3.05) is 19.4 Å². The number of rotatable bonds is 5. The predicted molar refractivity (Wildman–Crippen MR) is 164 cm³/mol. The summed E-state index contributed by atoms with van der Waals surface area (Å²) >= 11 is 1.39. The number of nitrogens with one attached hydrogen (secondary N) is 1. The normalized spacial score (nSPS) is 26.4. The number of phenolic OH excluding ortho intramolecular Hbond substituents is 1. The van der Waals surface area contributed by atoms with E-state index in [2.05, 4.69) is 10.3 Å². The van der Waals surface area contributed by atoms with E-state index in [4.69, 9.17) is 5.73 Å². The lowest BCUT2D eigenvalue weighted by atomic mass is 9.56. The fraction of sp³-hybridized carbons (Fsp3) is 0.312. The summed E-state index contributed by atoms with van der Waals surface area (Å²) in [5.74, 6) is -8.68. The minimum atomic E-state index is -1.57. The third-order valence-electron chi connectivity index (χ3n) is 9.08. The summed E-state index contributed by atoms with van der Waals surface area (Å²) in [6.45, 7) is 3.70. The van der Waals surface area contributed by atoms with E-state index < -0.39 is 70.4 Å². The molecule has 6 atom stereocenters. The van der Waals surface area contributed by atoms with Crippen molar-refractivity contribution in [3.8, 4) is 17.0 Å². The molecule has 1 heterocycles. The number of fused-ring (bicyclic) bond motifs is 3. The first-order valence-corrected chi connectivity index (χ1v) is 14.9. The Balaban J connectivity index is 1.44. The lowest BCUT2D eigenvalue weighted by Gasteiger charge is -2.50. The minimum Gasteiger partial charge on any atom is -0.510 e. The first-order chi connectivity index (χ1) is 20.8. The van der Waals surface area contributed by atoms with E-state index in [0.717, 1.165) is 16.1 Å². The number of phenols is 1. The Morgan fingerprint density at radius 3 is 2.36 bits per heavy atom. The third kappa shape index (κ3) is 4.24. The van der Waals surface area contributed by atoms with Gasteiger partial charge in [-0.2, -0.15) is 0 Å².